The van der Waals surface area contributed by atoms with Crippen LogP contribution in [0.2, 0.25) is 0 Å². The summed E-state index contributed by atoms with van der Waals surface area (Å²) < 4.78 is 32.5. The van der Waals surface area contributed by atoms with Crippen LogP contribution in [0.25, 0.3) is 0 Å². The third-order valence-corrected chi connectivity index (χ3v) is 5.13. The molecule has 0 aliphatic heterocycles. The Morgan fingerprint density at radius 1 is 0.750 bits per heavy atom. The molecule has 0 bridgehead atoms. The minimum absolute atomic E-state index is 0. The Labute approximate surface area is 191 Å². The van der Waals surface area contributed by atoms with Crippen LogP contribution in [0, 0.1) is 0 Å². The Morgan fingerprint density at radius 2 is 1.17 bits per heavy atom. The van der Waals surface area contributed by atoms with Crippen LogP contribution in [0.4, 0.5) is 0 Å². The Hall–Kier alpha value is 0.766. The molecule has 24 heavy (non-hydrogen) atoms. The number of rotatable bonds is 13. The van der Waals surface area contributed by atoms with Crippen molar-refractivity contribution in [2.45, 2.75) is 88.9 Å². The van der Waals surface area contributed by atoms with E-state index in [-0.39, 0.29) is 56.3 Å². The standard InChI is InChI=1S/C19H32O3S.K/c1-2-3-4-5-6-7-8-9-10-11-12-13-18-14-16-19(17-15-18)23(20,21)22;/h14-17H,2-13H2,1H3,(H,20,21,22);/q;+1/p-1. The third-order valence-electron chi connectivity index (χ3n) is 4.28. The average molecular weight is 379 g/mol. The van der Waals surface area contributed by atoms with Gasteiger partial charge in [-0.15, -0.1) is 0 Å². The molecule has 0 unspecified atom stereocenters. The molecule has 1 aromatic rings. The van der Waals surface area contributed by atoms with Gasteiger partial charge in [-0.25, -0.2) is 8.42 Å². The van der Waals surface area contributed by atoms with E-state index in [4.69, 9.17) is 0 Å². The molecule has 1 rings (SSSR count). The summed E-state index contributed by atoms with van der Waals surface area (Å²) in [5.41, 5.74) is 1.10. The van der Waals surface area contributed by atoms with Crippen molar-refractivity contribution in [3.8, 4) is 0 Å². The largest absolute Gasteiger partial charge is 1.00 e. The van der Waals surface area contributed by atoms with Gasteiger partial charge in [-0.2, -0.15) is 0 Å². The van der Waals surface area contributed by atoms with Crippen molar-refractivity contribution < 1.29 is 64.4 Å². The van der Waals surface area contributed by atoms with Crippen LogP contribution in [0.5, 0.6) is 0 Å². The van der Waals surface area contributed by atoms with Crippen molar-refractivity contribution in [3.05, 3.63) is 29.8 Å². The van der Waals surface area contributed by atoms with Crippen LogP contribution in [0.15, 0.2) is 29.2 Å². The van der Waals surface area contributed by atoms with Gasteiger partial charge in [0.25, 0.3) is 0 Å². The molecule has 1 aromatic carbocycles. The molecule has 132 valence electrons. The summed E-state index contributed by atoms with van der Waals surface area (Å²) in [5.74, 6) is 0. The van der Waals surface area contributed by atoms with Crippen molar-refractivity contribution in [2.24, 2.45) is 0 Å². The number of benzene rings is 1. The van der Waals surface area contributed by atoms with Gasteiger partial charge in [-0.1, -0.05) is 83.3 Å². The molecule has 0 amide bonds. The zero-order valence-corrected chi connectivity index (χ0v) is 19.4. The SMILES string of the molecule is CCCCCCCCCCCCCc1ccc(S(=O)(=O)[O-])cc1.[K+]. The van der Waals surface area contributed by atoms with Crippen molar-refractivity contribution in [1.29, 1.82) is 0 Å². The molecule has 0 N–H and O–H groups in total. The van der Waals surface area contributed by atoms with Gasteiger partial charge in [0.05, 0.1) is 4.90 Å². The fraction of sp³-hybridized carbons (Fsp3) is 0.684. The maximum absolute atomic E-state index is 10.8. The summed E-state index contributed by atoms with van der Waals surface area (Å²) in [7, 11) is -4.32. The quantitative estimate of drug-likeness (QED) is 0.301. The average Bonchev–Trinajstić information content (AvgIpc) is 2.52. The fourth-order valence-electron chi connectivity index (χ4n) is 2.82. The van der Waals surface area contributed by atoms with E-state index in [0.29, 0.717) is 0 Å². The van der Waals surface area contributed by atoms with Gasteiger partial charge in [-0.05, 0) is 30.5 Å². The fourth-order valence-corrected chi connectivity index (χ4v) is 3.29. The molecule has 0 radical (unpaired) electrons. The predicted octanol–water partition coefficient (Wildman–Crippen LogP) is 2.45. The van der Waals surface area contributed by atoms with E-state index in [1.807, 2.05) is 0 Å². The predicted molar refractivity (Wildman–Crippen MR) is 94.6 cm³/mol. The molecule has 0 heterocycles. The first-order chi connectivity index (χ1) is 11.0. The molecule has 0 spiro atoms. The van der Waals surface area contributed by atoms with Gasteiger partial charge in [0.1, 0.15) is 10.1 Å². The first kappa shape index (κ1) is 24.8. The molecule has 0 atom stereocenters. The van der Waals surface area contributed by atoms with Crippen LogP contribution in [0.3, 0.4) is 0 Å². The number of hydrogen-bond donors (Lipinski definition) is 0. The summed E-state index contributed by atoms with van der Waals surface area (Å²) in [6.07, 6.45) is 15.5. The summed E-state index contributed by atoms with van der Waals surface area (Å²) in [6.45, 7) is 2.25. The topological polar surface area (TPSA) is 57.2 Å². The van der Waals surface area contributed by atoms with Crippen LogP contribution in [0.1, 0.15) is 83.1 Å². The maximum Gasteiger partial charge on any atom is 1.00 e. The monoisotopic (exact) mass is 378 g/mol. The molecule has 0 aliphatic rings. The molecular formula is C19H31KO3S. The summed E-state index contributed by atoms with van der Waals surface area (Å²) in [6, 6.07) is 6.33. The van der Waals surface area contributed by atoms with Crippen LogP contribution in [-0.2, 0) is 16.5 Å². The number of unbranched alkanes of at least 4 members (excludes halogenated alkanes) is 10. The zero-order chi connectivity index (χ0) is 17.0. The minimum atomic E-state index is -4.32. The van der Waals surface area contributed by atoms with Gasteiger partial charge < -0.3 is 4.55 Å². The van der Waals surface area contributed by atoms with Gasteiger partial charge >= 0.3 is 51.4 Å². The second-order valence-electron chi connectivity index (χ2n) is 6.38. The molecule has 0 fully saturated rings. The third kappa shape index (κ3) is 12.2. The van der Waals surface area contributed by atoms with Crippen LogP contribution < -0.4 is 51.4 Å². The second-order valence-corrected chi connectivity index (χ2v) is 7.76. The van der Waals surface area contributed by atoms with Gasteiger partial charge in [0.2, 0.25) is 0 Å². The van der Waals surface area contributed by atoms with E-state index in [1.54, 1.807) is 12.1 Å². The molecule has 0 aliphatic carbocycles. The molecule has 0 saturated heterocycles. The smallest absolute Gasteiger partial charge is 0.744 e. The Morgan fingerprint density at radius 3 is 1.58 bits per heavy atom. The maximum atomic E-state index is 10.8. The van der Waals surface area contributed by atoms with E-state index in [1.165, 1.54) is 76.3 Å². The molecule has 5 heteroatoms. The van der Waals surface area contributed by atoms with Crippen molar-refractivity contribution in [3.63, 3.8) is 0 Å². The zero-order valence-electron chi connectivity index (χ0n) is 15.4. The second kappa shape index (κ2) is 14.9. The molecule has 3 nitrogen and oxygen atoms in total. The molecule has 0 aromatic heterocycles. The Bertz CT molecular complexity index is 512. The van der Waals surface area contributed by atoms with E-state index < -0.39 is 10.1 Å². The normalized spacial score (nSPS) is 11.2. The van der Waals surface area contributed by atoms with Crippen LogP contribution in [-0.4, -0.2) is 13.0 Å². The van der Waals surface area contributed by atoms with Gasteiger partial charge in [0.15, 0.2) is 0 Å². The number of hydrogen-bond acceptors (Lipinski definition) is 3. The van der Waals surface area contributed by atoms with Gasteiger partial charge in [-0.3, -0.25) is 0 Å². The van der Waals surface area contributed by atoms with E-state index in [9.17, 15) is 13.0 Å². The van der Waals surface area contributed by atoms with Crippen LogP contribution >= 0.6 is 0 Å². The van der Waals surface area contributed by atoms with E-state index in [0.717, 1.165) is 18.4 Å². The Balaban J connectivity index is 0.00000529. The summed E-state index contributed by atoms with van der Waals surface area (Å²) in [4.78, 5) is -0.139. The summed E-state index contributed by atoms with van der Waals surface area (Å²) in [5, 5.41) is 0. The van der Waals surface area contributed by atoms with Crippen molar-refractivity contribution in [1.82, 2.24) is 0 Å². The molecule has 0 saturated carbocycles. The van der Waals surface area contributed by atoms with E-state index in [2.05, 4.69) is 6.92 Å². The Kier molecular flexibility index (Phi) is 15.4. The summed E-state index contributed by atoms with van der Waals surface area (Å²) >= 11 is 0. The van der Waals surface area contributed by atoms with Crippen molar-refractivity contribution >= 4 is 10.1 Å². The van der Waals surface area contributed by atoms with Gasteiger partial charge in [0, 0.05) is 0 Å². The first-order valence-corrected chi connectivity index (χ1v) is 10.5. The molecular weight excluding hydrogens is 347 g/mol. The van der Waals surface area contributed by atoms with Crippen molar-refractivity contribution in [2.75, 3.05) is 0 Å². The van der Waals surface area contributed by atoms with E-state index >= 15 is 0 Å². The first-order valence-electron chi connectivity index (χ1n) is 9.09. The number of aryl methyl sites for hydroxylation is 1. The minimum Gasteiger partial charge on any atom is -0.744 e.